The molecule has 6 heteroatoms. The fourth-order valence-electron chi connectivity index (χ4n) is 9.99. The van der Waals surface area contributed by atoms with Gasteiger partial charge in [0.25, 0.3) is 0 Å². The molecule has 0 aliphatic heterocycles. The molecule has 0 aliphatic rings. The summed E-state index contributed by atoms with van der Waals surface area (Å²) < 4.78 is 6.96. The zero-order chi connectivity index (χ0) is 43.6. The second-order valence-corrected chi connectivity index (χ2v) is 16.7. The first-order chi connectivity index (χ1) is 32.8. The van der Waals surface area contributed by atoms with Crippen LogP contribution in [0.5, 0.6) is 0 Å². The monoisotopic (exact) mass is 844 g/mol. The van der Waals surface area contributed by atoms with Gasteiger partial charge in [-0.15, -0.1) is 0 Å². The highest BCUT2D eigenvalue weighted by molar-refractivity contribution is 6.10. The van der Waals surface area contributed by atoms with Crippen LogP contribution in [0.25, 0.3) is 94.4 Å². The SMILES string of the molecule is c1ccc(N(c2ccccc2)c2ccc(-c3nc4c(-c5cccc(-n6c7ccccc7c7ccccc76)c5)ccnc4n3-c3cccc(-n4c5ccccc5c5ccccc54)c3)cc2)cc1. The normalized spacial score (nSPS) is 11.6. The lowest BCUT2D eigenvalue weighted by molar-refractivity contribution is 1.07. The number of hydrogen-bond donors (Lipinski definition) is 0. The summed E-state index contributed by atoms with van der Waals surface area (Å²) in [6.45, 7) is 0. The Morgan fingerprint density at radius 1 is 0.333 bits per heavy atom. The molecule has 4 heterocycles. The molecule has 13 rings (SSSR count). The molecule has 0 radical (unpaired) electrons. The van der Waals surface area contributed by atoms with Crippen LogP contribution in [0, 0.1) is 0 Å². The molecule has 0 fully saturated rings. The summed E-state index contributed by atoms with van der Waals surface area (Å²) in [5.41, 5.74) is 15.7. The number of benzene rings is 9. The Morgan fingerprint density at radius 2 is 0.773 bits per heavy atom. The van der Waals surface area contributed by atoms with E-state index in [-0.39, 0.29) is 0 Å². The first-order valence-corrected chi connectivity index (χ1v) is 22.3. The minimum absolute atomic E-state index is 0.781. The van der Waals surface area contributed by atoms with E-state index in [1.807, 2.05) is 6.20 Å². The Hall–Kier alpha value is -9.00. The van der Waals surface area contributed by atoms with Gasteiger partial charge in [0.15, 0.2) is 5.65 Å². The van der Waals surface area contributed by atoms with E-state index < -0.39 is 0 Å². The summed E-state index contributed by atoms with van der Waals surface area (Å²) in [5.74, 6) is 0.806. The minimum atomic E-state index is 0.781. The Morgan fingerprint density at radius 3 is 1.30 bits per heavy atom. The molecule has 0 amide bonds. The molecular weight excluding hydrogens is 805 g/mol. The first-order valence-electron chi connectivity index (χ1n) is 22.3. The maximum absolute atomic E-state index is 5.58. The molecule has 13 aromatic rings. The highest BCUT2D eigenvalue weighted by atomic mass is 15.2. The third kappa shape index (κ3) is 6.04. The second kappa shape index (κ2) is 15.4. The van der Waals surface area contributed by atoms with Gasteiger partial charge in [-0.2, -0.15) is 0 Å². The van der Waals surface area contributed by atoms with Crippen molar-refractivity contribution in [2.75, 3.05) is 4.90 Å². The molecule has 0 bridgehead atoms. The highest BCUT2D eigenvalue weighted by Gasteiger charge is 2.22. The number of hydrogen-bond acceptors (Lipinski definition) is 3. The molecule has 0 unspecified atom stereocenters. The number of pyridine rings is 1. The lowest BCUT2D eigenvalue weighted by Gasteiger charge is -2.25. The molecular formula is C60H40N6. The Kier molecular flexibility index (Phi) is 8.74. The lowest BCUT2D eigenvalue weighted by Crippen LogP contribution is -2.09. The van der Waals surface area contributed by atoms with Gasteiger partial charge in [0.2, 0.25) is 0 Å². The summed E-state index contributed by atoms with van der Waals surface area (Å²) in [5, 5.41) is 4.92. The average molecular weight is 845 g/mol. The smallest absolute Gasteiger partial charge is 0.165 e. The number of aromatic nitrogens is 5. The minimum Gasteiger partial charge on any atom is -0.311 e. The standard InChI is InChI=1S/C60H40N6/c1-3-18-43(19-4-1)63(44-20-5-2-6-21-44)45-35-33-41(34-36-45)59-62-58-49(42-17-15-22-46(39-42)64-54-29-11-7-25-50(54)51-26-8-12-30-55(51)64)37-38-61-60(58)66(59)48-24-16-23-47(40-48)65-56-31-13-9-27-52(56)53-28-10-14-32-57(53)65/h1-40H. The molecule has 0 atom stereocenters. The number of nitrogens with zero attached hydrogens (tertiary/aromatic N) is 6. The van der Waals surface area contributed by atoms with Gasteiger partial charge in [0.05, 0.1) is 27.8 Å². The van der Waals surface area contributed by atoms with Crippen LogP contribution >= 0.6 is 0 Å². The van der Waals surface area contributed by atoms with Crippen LogP contribution in [0.3, 0.4) is 0 Å². The van der Waals surface area contributed by atoms with Crippen molar-refractivity contribution in [1.82, 2.24) is 23.7 Å². The molecule has 4 aromatic heterocycles. The van der Waals surface area contributed by atoms with Crippen LogP contribution in [-0.2, 0) is 0 Å². The van der Waals surface area contributed by atoms with Crippen molar-refractivity contribution in [2.24, 2.45) is 0 Å². The van der Waals surface area contributed by atoms with Crippen molar-refractivity contribution in [3.05, 3.63) is 243 Å². The van der Waals surface area contributed by atoms with Gasteiger partial charge in [0, 0.05) is 67.3 Å². The van der Waals surface area contributed by atoms with Crippen LogP contribution in [0.15, 0.2) is 243 Å². The van der Waals surface area contributed by atoms with Crippen molar-refractivity contribution in [3.8, 4) is 39.6 Å². The summed E-state index contributed by atoms with van der Waals surface area (Å²) in [7, 11) is 0. The molecule has 9 aromatic carbocycles. The molecule has 310 valence electrons. The molecule has 0 aliphatic carbocycles. The maximum Gasteiger partial charge on any atom is 0.165 e. The highest BCUT2D eigenvalue weighted by Crippen LogP contribution is 2.40. The fraction of sp³-hybridized carbons (Fsp3) is 0. The average Bonchev–Trinajstić information content (AvgIpc) is 4.06. The van der Waals surface area contributed by atoms with E-state index in [4.69, 9.17) is 9.97 Å². The molecule has 0 N–H and O–H groups in total. The van der Waals surface area contributed by atoms with Gasteiger partial charge in [-0.3, -0.25) is 4.57 Å². The van der Waals surface area contributed by atoms with Gasteiger partial charge in [0.1, 0.15) is 11.3 Å². The van der Waals surface area contributed by atoms with Gasteiger partial charge < -0.3 is 14.0 Å². The second-order valence-electron chi connectivity index (χ2n) is 16.7. The van der Waals surface area contributed by atoms with E-state index >= 15 is 0 Å². The van der Waals surface area contributed by atoms with Crippen LogP contribution in [0.2, 0.25) is 0 Å². The maximum atomic E-state index is 5.58. The fourth-order valence-corrected chi connectivity index (χ4v) is 9.99. The third-order valence-electron chi connectivity index (χ3n) is 12.9. The lowest BCUT2D eigenvalue weighted by atomic mass is 10.0. The summed E-state index contributed by atoms with van der Waals surface area (Å²) in [6, 6.07) is 84.1. The third-order valence-corrected chi connectivity index (χ3v) is 12.9. The molecule has 0 spiro atoms. The summed E-state index contributed by atoms with van der Waals surface area (Å²) in [6.07, 6.45) is 1.92. The zero-order valence-electron chi connectivity index (χ0n) is 35.8. The molecule has 0 saturated heterocycles. The molecule has 66 heavy (non-hydrogen) atoms. The van der Waals surface area contributed by atoms with Crippen molar-refractivity contribution >= 4 is 71.8 Å². The van der Waals surface area contributed by atoms with Gasteiger partial charge >= 0.3 is 0 Å². The Bertz CT molecular complexity index is 3790. The van der Waals surface area contributed by atoms with Crippen LogP contribution in [0.4, 0.5) is 17.1 Å². The topological polar surface area (TPSA) is 43.8 Å². The van der Waals surface area contributed by atoms with E-state index in [0.29, 0.717) is 0 Å². The predicted molar refractivity (Wildman–Crippen MR) is 273 cm³/mol. The van der Waals surface area contributed by atoms with Gasteiger partial charge in [-0.25, -0.2) is 9.97 Å². The van der Waals surface area contributed by atoms with E-state index in [0.717, 1.165) is 78.8 Å². The van der Waals surface area contributed by atoms with E-state index in [9.17, 15) is 0 Å². The number of imidazole rings is 1. The van der Waals surface area contributed by atoms with Crippen LogP contribution < -0.4 is 4.90 Å². The van der Waals surface area contributed by atoms with Crippen LogP contribution in [0.1, 0.15) is 0 Å². The van der Waals surface area contributed by atoms with Gasteiger partial charge in [-0.05, 0) is 115 Å². The largest absolute Gasteiger partial charge is 0.311 e. The predicted octanol–water partition coefficient (Wildman–Crippen LogP) is 15.4. The van der Waals surface area contributed by atoms with Crippen molar-refractivity contribution in [3.63, 3.8) is 0 Å². The van der Waals surface area contributed by atoms with Crippen molar-refractivity contribution in [2.45, 2.75) is 0 Å². The summed E-state index contributed by atoms with van der Waals surface area (Å²) in [4.78, 5) is 13.0. The number of para-hydroxylation sites is 6. The quantitative estimate of drug-likeness (QED) is 0.153. The number of rotatable bonds is 8. The molecule has 0 saturated carbocycles. The van der Waals surface area contributed by atoms with Crippen LogP contribution in [-0.4, -0.2) is 23.7 Å². The first kappa shape index (κ1) is 37.5. The van der Waals surface area contributed by atoms with E-state index in [1.54, 1.807) is 0 Å². The van der Waals surface area contributed by atoms with E-state index in [2.05, 4.69) is 255 Å². The van der Waals surface area contributed by atoms with Crippen molar-refractivity contribution in [1.29, 1.82) is 0 Å². The van der Waals surface area contributed by atoms with Gasteiger partial charge in [-0.1, -0.05) is 127 Å². The Balaban J connectivity index is 1.01. The number of fused-ring (bicyclic) bond motifs is 7. The van der Waals surface area contributed by atoms with Crippen molar-refractivity contribution < 1.29 is 0 Å². The summed E-state index contributed by atoms with van der Waals surface area (Å²) >= 11 is 0. The zero-order valence-corrected chi connectivity index (χ0v) is 35.8. The van der Waals surface area contributed by atoms with E-state index in [1.165, 1.54) is 32.6 Å². The number of anilines is 3. The molecule has 6 nitrogen and oxygen atoms in total. The Labute approximate surface area is 381 Å².